The molecule has 86 valence electrons. The molecule has 1 aromatic carbocycles. The molecule has 0 aromatic heterocycles. The summed E-state index contributed by atoms with van der Waals surface area (Å²) in [6, 6.07) is 6.28. The average Bonchev–Trinajstić information content (AvgIpc) is 2.15. The number of hydrogen-bond acceptors (Lipinski definition) is 2. The summed E-state index contributed by atoms with van der Waals surface area (Å²) >= 11 is 0. The second-order valence-corrected chi connectivity index (χ2v) is 5.26. The summed E-state index contributed by atoms with van der Waals surface area (Å²) in [4.78, 5) is 2.41. The second-order valence-electron chi connectivity index (χ2n) is 5.26. The molecular weight excluding hydrogens is 196 g/mol. The first kappa shape index (κ1) is 11.2. The Morgan fingerprint density at radius 3 is 2.94 bits per heavy atom. The van der Waals surface area contributed by atoms with Gasteiger partial charge in [0.2, 0.25) is 0 Å². The van der Waals surface area contributed by atoms with E-state index in [0.29, 0.717) is 0 Å². The minimum absolute atomic E-state index is 0.199. The third kappa shape index (κ3) is 1.98. The van der Waals surface area contributed by atoms with E-state index in [1.807, 2.05) is 12.1 Å². The van der Waals surface area contributed by atoms with Gasteiger partial charge in [-0.3, -0.25) is 4.90 Å². The van der Waals surface area contributed by atoms with Crippen LogP contribution in [0.4, 0.5) is 5.69 Å². The normalized spacial score (nSPS) is 19.1. The fourth-order valence-corrected chi connectivity index (χ4v) is 2.66. The molecule has 0 atom stereocenters. The van der Waals surface area contributed by atoms with Crippen molar-refractivity contribution >= 4 is 5.69 Å². The first-order valence-corrected chi connectivity index (χ1v) is 5.75. The van der Waals surface area contributed by atoms with Gasteiger partial charge in [0.1, 0.15) is 0 Å². The van der Waals surface area contributed by atoms with Gasteiger partial charge in [0.15, 0.2) is 0 Å². The summed E-state index contributed by atoms with van der Waals surface area (Å²) in [7, 11) is 0. The molecule has 1 heterocycles. The Bertz CT molecular complexity index is 407. The van der Waals surface area contributed by atoms with E-state index in [-0.39, 0.29) is 5.41 Å². The zero-order chi connectivity index (χ0) is 11.8. The smallest absolute Gasteiger partial charge is 0.0317 e. The largest absolute Gasteiger partial charge is 0.399 e. The highest BCUT2D eigenvalue weighted by atomic mass is 15.1. The van der Waals surface area contributed by atoms with Gasteiger partial charge in [-0.05, 0) is 23.3 Å². The van der Waals surface area contributed by atoms with Gasteiger partial charge in [-0.1, -0.05) is 26.0 Å². The van der Waals surface area contributed by atoms with Crippen molar-refractivity contribution in [3.05, 3.63) is 42.0 Å². The maximum Gasteiger partial charge on any atom is 0.0317 e. The highest BCUT2D eigenvalue weighted by molar-refractivity contribution is 5.48. The first-order valence-electron chi connectivity index (χ1n) is 5.75. The van der Waals surface area contributed by atoms with Gasteiger partial charge in [0.05, 0.1) is 0 Å². The van der Waals surface area contributed by atoms with Crippen molar-refractivity contribution < 1.29 is 0 Å². The van der Waals surface area contributed by atoms with Crippen molar-refractivity contribution in [2.45, 2.75) is 25.8 Å². The monoisotopic (exact) mass is 216 g/mol. The van der Waals surface area contributed by atoms with Gasteiger partial charge in [0, 0.05) is 30.7 Å². The Labute approximate surface area is 97.8 Å². The fraction of sp³-hybridized carbons (Fsp3) is 0.429. The summed E-state index contributed by atoms with van der Waals surface area (Å²) in [6.45, 7) is 11.4. The van der Waals surface area contributed by atoms with Crippen LogP contribution in [0.5, 0.6) is 0 Å². The molecule has 0 saturated carbocycles. The number of nitrogen functional groups attached to an aromatic ring is 1. The lowest BCUT2D eigenvalue weighted by atomic mass is 9.78. The summed E-state index contributed by atoms with van der Waals surface area (Å²) in [6.07, 6.45) is 1.97. The predicted molar refractivity (Wildman–Crippen MR) is 69.4 cm³/mol. The Kier molecular flexibility index (Phi) is 2.76. The molecule has 0 spiro atoms. The molecule has 1 aliphatic heterocycles. The number of anilines is 1. The van der Waals surface area contributed by atoms with Crippen LogP contribution in [0.3, 0.4) is 0 Å². The van der Waals surface area contributed by atoms with E-state index in [0.717, 1.165) is 25.3 Å². The standard InChI is InChI=1S/C14H20N2/c1-4-7-16-9-11-8-12(15)5-6-13(11)14(2,3)10-16/h4-6,8H,1,7,9-10,15H2,2-3H3. The maximum atomic E-state index is 5.85. The lowest BCUT2D eigenvalue weighted by molar-refractivity contribution is 0.213. The molecule has 16 heavy (non-hydrogen) atoms. The van der Waals surface area contributed by atoms with Crippen molar-refractivity contribution in [3.63, 3.8) is 0 Å². The fourth-order valence-electron chi connectivity index (χ4n) is 2.66. The molecule has 2 rings (SSSR count). The van der Waals surface area contributed by atoms with E-state index in [2.05, 4.69) is 37.5 Å². The first-order chi connectivity index (χ1) is 7.53. The summed E-state index contributed by atoms with van der Waals surface area (Å²) < 4.78 is 0. The predicted octanol–water partition coefficient (Wildman–Crippen LogP) is 2.55. The SMILES string of the molecule is C=CCN1Cc2cc(N)ccc2C(C)(C)C1. The quantitative estimate of drug-likeness (QED) is 0.608. The van der Waals surface area contributed by atoms with Gasteiger partial charge in [-0.25, -0.2) is 0 Å². The van der Waals surface area contributed by atoms with E-state index >= 15 is 0 Å². The Balaban J connectivity index is 2.39. The minimum Gasteiger partial charge on any atom is -0.399 e. The van der Waals surface area contributed by atoms with Crippen LogP contribution < -0.4 is 5.73 Å². The molecule has 0 amide bonds. The maximum absolute atomic E-state index is 5.85. The average molecular weight is 216 g/mol. The Morgan fingerprint density at radius 2 is 2.25 bits per heavy atom. The van der Waals surface area contributed by atoms with E-state index in [4.69, 9.17) is 5.73 Å². The molecule has 1 aliphatic rings. The zero-order valence-corrected chi connectivity index (χ0v) is 10.2. The van der Waals surface area contributed by atoms with Crippen LogP contribution in [-0.2, 0) is 12.0 Å². The molecule has 0 aliphatic carbocycles. The third-order valence-corrected chi connectivity index (χ3v) is 3.26. The van der Waals surface area contributed by atoms with Crippen LogP contribution in [0.15, 0.2) is 30.9 Å². The zero-order valence-electron chi connectivity index (χ0n) is 10.2. The molecule has 0 saturated heterocycles. The molecule has 2 heteroatoms. The molecule has 0 radical (unpaired) electrons. The van der Waals surface area contributed by atoms with E-state index in [1.54, 1.807) is 0 Å². The van der Waals surface area contributed by atoms with Crippen LogP contribution in [0.1, 0.15) is 25.0 Å². The molecule has 0 unspecified atom stereocenters. The van der Waals surface area contributed by atoms with Crippen molar-refractivity contribution in [1.29, 1.82) is 0 Å². The number of rotatable bonds is 2. The third-order valence-electron chi connectivity index (χ3n) is 3.26. The van der Waals surface area contributed by atoms with Crippen LogP contribution in [0.25, 0.3) is 0 Å². The van der Waals surface area contributed by atoms with Crippen molar-refractivity contribution in [1.82, 2.24) is 4.90 Å². The van der Waals surface area contributed by atoms with Gasteiger partial charge >= 0.3 is 0 Å². The number of hydrogen-bond donors (Lipinski definition) is 1. The van der Waals surface area contributed by atoms with Crippen molar-refractivity contribution in [2.24, 2.45) is 0 Å². The van der Waals surface area contributed by atoms with Crippen molar-refractivity contribution in [2.75, 3.05) is 18.8 Å². The molecule has 0 fully saturated rings. The lowest BCUT2D eigenvalue weighted by Crippen LogP contribution is -2.42. The number of nitrogens with zero attached hydrogens (tertiary/aromatic N) is 1. The van der Waals surface area contributed by atoms with Gasteiger partial charge in [0.25, 0.3) is 0 Å². The van der Waals surface area contributed by atoms with Crippen LogP contribution in [0, 0.1) is 0 Å². The van der Waals surface area contributed by atoms with Crippen LogP contribution in [-0.4, -0.2) is 18.0 Å². The van der Waals surface area contributed by atoms with Crippen molar-refractivity contribution in [3.8, 4) is 0 Å². The van der Waals surface area contributed by atoms with Crippen LogP contribution >= 0.6 is 0 Å². The molecule has 1 aromatic rings. The molecule has 2 N–H and O–H groups in total. The molecule has 2 nitrogen and oxygen atoms in total. The van der Waals surface area contributed by atoms with Gasteiger partial charge < -0.3 is 5.73 Å². The topological polar surface area (TPSA) is 29.3 Å². The summed E-state index contributed by atoms with van der Waals surface area (Å²) in [5, 5.41) is 0. The lowest BCUT2D eigenvalue weighted by Gasteiger charge is -2.39. The Hall–Kier alpha value is -1.28. The van der Waals surface area contributed by atoms with E-state index in [1.165, 1.54) is 11.1 Å². The Morgan fingerprint density at radius 1 is 1.50 bits per heavy atom. The number of benzene rings is 1. The highest BCUT2D eigenvalue weighted by Gasteiger charge is 2.30. The van der Waals surface area contributed by atoms with Gasteiger partial charge in [-0.15, -0.1) is 6.58 Å². The highest BCUT2D eigenvalue weighted by Crippen LogP contribution is 2.34. The molecule has 0 bridgehead atoms. The second kappa shape index (κ2) is 3.95. The number of fused-ring (bicyclic) bond motifs is 1. The summed E-state index contributed by atoms with van der Waals surface area (Å²) in [5.74, 6) is 0. The van der Waals surface area contributed by atoms with E-state index in [9.17, 15) is 0 Å². The van der Waals surface area contributed by atoms with Gasteiger partial charge in [-0.2, -0.15) is 0 Å². The van der Waals surface area contributed by atoms with E-state index < -0.39 is 0 Å². The minimum atomic E-state index is 0.199. The molecular formula is C14H20N2. The summed E-state index contributed by atoms with van der Waals surface area (Å²) in [5.41, 5.74) is 9.70. The van der Waals surface area contributed by atoms with Crippen LogP contribution in [0.2, 0.25) is 0 Å². The number of nitrogens with two attached hydrogens (primary N) is 1.